The number of likely N-dealkylation sites (tertiary alicyclic amines) is 2. The first-order valence-corrected chi connectivity index (χ1v) is 15.1. The summed E-state index contributed by atoms with van der Waals surface area (Å²) < 4.78 is 37.8. The quantitative estimate of drug-likeness (QED) is 0.536. The second kappa shape index (κ2) is 10.8. The molecule has 4 fully saturated rings. The molecule has 1 aliphatic carbocycles. The number of urea groups is 1. The number of aromatic nitrogens is 2. The third-order valence-corrected chi connectivity index (χ3v) is 8.90. The van der Waals surface area contributed by atoms with E-state index in [1.165, 1.54) is 5.56 Å². The Kier molecular flexibility index (Phi) is 7.39. The SMILES string of the molecule is CC(C)(C)OC(=O)N1CC[C@@H](CN2CCC(n3cc(C4CC4)c4cc(N5CCC(=O)NC5=O)cnc43)CC2)C(F)(F)C1. The number of nitrogens with zero attached hydrogens (tertiary/aromatic N) is 5. The Morgan fingerprint density at radius 1 is 1.10 bits per heavy atom. The van der Waals surface area contributed by atoms with Gasteiger partial charge in [-0.2, -0.15) is 0 Å². The van der Waals surface area contributed by atoms with Gasteiger partial charge in [0, 0.05) is 62.7 Å². The molecule has 0 unspecified atom stereocenters. The lowest BCUT2D eigenvalue weighted by molar-refractivity contribution is -0.120. The van der Waals surface area contributed by atoms with E-state index in [0.717, 1.165) is 41.6 Å². The molecule has 4 amide bonds. The zero-order valence-electron chi connectivity index (χ0n) is 24.6. The number of pyridine rings is 1. The van der Waals surface area contributed by atoms with Crippen molar-refractivity contribution < 1.29 is 27.9 Å². The van der Waals surface area contributed by atoms with Crippen LogP contribution < -0.4 is 10.2 Å². The maximum absolute atomic E-state index is 15.1. The first-order chi connectivity index (χ1) is 19.9. The monoisotopic (exact) mass is 586 g/mol. The van der Waals surface area contributed by atoms with Crippen LogP contribution in [0.15, 0.2) is 18.5 Å². The Labute approximate surface area is 244 Å². The van der Waals surface area contributed by atoms with Crippen molar-refractivity contribution in [2.75, 3.05) is 44.2 Å². The van der Waals surface area contributed by atoms with E-state index in [1.807, 2.05) is 6.07 Å². The number of alkyl halides is 2. The van der Waals surface area contributed by atoms with Gasteiger partial charge in [0.25, 0.3) is 5.92 Å². The van der Waals surface area contributed by atoms with E-state index in [-0.39, 0.29) is 31.3 Å². The molecule has 3 saturated heterocycles. The maximum atomic E-state index is 15.1. The predicted molar refractivity (Wildman–Crippen MR) is 153 cm³/mol. The van der Waals surface area contributed by atoms with Crippen molar-refractivity contribution in [3.8, 4) is 0 Å². The lowest BCUT2D eigenvalue weighted by atomic mass is 9.91. The second-order valence-electron chi connectivity index (χ2n) is 13.3. The highest BCUT2D eigenvalue weighted by Crippen LogP contribution is 2.45. The Morgan fingerprint density at radius 2 is 1.83 bits per heavy atom. The number of carbonyl (C=O) groups excluding carboxylic acids is 3. The largest absolute Gasteiger partial charge is 0.444 e. The van der Waals surface area contributed by atoms with E-state index in [0.29, 0.717) is 37.8 Å². The molecule has 0 aromatic carbocycles. The number of halogens is 2. The van der Waals surface area contributed by atoms with Gasteiger partial charge in [-0.05, 0) is 70.4 Å². The predicted octanol–water partition coefficient (Wildman–Crippen LogP) is 4.89. The van der Waals surface area contributed by atoms with E-state index in [9.17, 15) is 14.4 Å². The molecule has 12 heteroatoms. The summed E-state index contributed by atoms with van der Waals surface area (Å²) in [6.07, 6.45) is 7.64. The summed E-state index contributed by atoms with van der Waals surface area (Å²) in [4.78, 5) is 46.0. The van der Waals surface area contributed by atoms with Crippen molar-refractivity contribution in [3.63, 3.8) is 0 Å². The van der Waals surface area contributed by atoms with Gasteiger partial charge in [-0.15, -0.1) is 0 Å². The van der Waals surface area contributed by atoms with Crippen molar-refractivity contribution in [2.45, 2.75) is 82.8 Å². The number of ether oxygens (including phenoxy) is 1. The normalized spacial score (nSPS) is 24.3. The highest BCUT2D eigenvalue weighted by Gasteiger charge is 2.47. The van der Waals surface area contributed by atoms with E-state index in [2.05, 4.69) is 21.0 Å². The van der Waals surface area contributed by atoms with Crippen LogP contribution in [-0.2, 0) is 9.53 Å². The first kappa shape index (κ1) is 28.8. The number of amides is 4. The number of nitrogens with one attached hydrogen (secondary N) is 1. The third kappa shape index (κ3) is 5.95. The minimum absolute atomic E-state index is 0.208. The summed E-state index contributed by atoms with van der Waals surface area (Å²) in [5.74, 6) is -3.56. The molecule has 1 N–H and O–H groups in total. The van der Waals surface area contributed by atoms with Gasteiger partial charge in [-0.3, -0.25) is 15.0 Å². The minimum Gasteiger partial charge on any atom is -0.444 e. The molecular weight excluding hydrogens is 546 g/mol. The molecule has 42 heavy (non-hydrogen) atoms. The second-order valence-corrected chi connectivity index (χ2v) is 13.3. The summed E-state index contributed by atoms with van der Waals surface area (Å²) in [6.45, 7) is 6.93. The van der Waals surface area contributed by atoms with Gasteiger partial charge in [-0.25, -0.2) is 23.4 Å². The van der Waals surface area contributed by atoms with Gasteiger partial charge < -0.3 is 19.1 Å². The van der Waals surface area contributed by atoms with E-state index < -0.39 is 36.1 Å². The Morgan fingerprint density at radius 3 is 2.48 bits per heavy atom. The van der Waals surface area contributed by atoms with Crippen LogP contribution in [0, 0.1) is 5.92 Å². The smallest absolute Gasteiger partial charge is 0.410 e. The zero-order valence-corrected chi connectivity index (χ0v) is 24.6. The Balaban J connectivity index is 1.10. The Hall–Kier alpha value is -3.28. The van der Waals surface area contributed by atoms with Gasteiger partial charge in [0.2, 0.25) is 5.91 Å². The number of hydrogen-bond donors (Lipinski definition) is 1. The minimum atomic E-state index is -2.97. The first-order valence-electron chi connectivity index (χ1n) is 15.1. The topological polar surface area (TPSA) is 100 Å². The van der Waals surface area contributed by atoms with Crippen molar-refractivity contribution >= 4 is 34.8 Å². The molecule has 10 nitrogen and oxygen atoms in total. The molecule has 1 atom stereocenters. The highest BCUT2D eigenvalue weighted by molar-refractivity contribution is 6.06. The highest BCUT2D eigenvalue weighted by atomic mass is 19.3. The molecular formula is C30H40F2N6O4. The Bertz CT molecular complexity index is 1380. The standard InChI is InChI=1S/C30H40F2N6O4/c1-29(2,3)42-28(41)36-12-6-20(30(31,32)18-36)16-35-10-7-21(8-11-35)38-17-24(19-4-5-19)23-14-22(15-33-26(23)38)37-13-9-25(39)34-27(37)40/h14-15,17,19-21H,4-13,16,18H2,1-3H3,(H,34,39,40)/t20-/m0/s1. The fraction of sp³-hybridized carbons (Fsp3) is 0.667. The molecule has 6 rings (SSSR count). The third-order valence-electron chi connectivity index (χ3n) is 8.90. The lowest BCUT2D eigenvalue weighted by Gasteiger charge is -2.42. The average molecular weight is 587 g/mol. The van der Waals surface area contributed by atoms with Crippen LogP contribution >= 0.6 is 0 Å². The molecule has 0 radical (unpaired) electrons. The zero-order chi connectivity index (χ0) is 29.8. The lowest BCUT2D eigenvalue weighted by Crippen LogP contribution is -2.54. The molecule has 0 bridgehead atoms. The van der Waals surface area contributed by atoms with Gasteiger partial charge in [0.1, 0.15) is 11.2 Å². The van der Waals surface area contributed by atoms with Crippen molar-refractivity contribution in [3.05, 3.63) is 24.0 Å². The summed E-state index contributed by atoms with van der Waals surface area (Å²) >= 11 is 0. The number of imide groups is 1. The van der Waals surface area contributed by atoms with Crippen LogP contribution in [0.25, 0.3) is 11.0 Å². The van der Waals surface area contributed by atoms with Gasteiger partial charge in [0.05, 0.1) is 18.4 Å². The van der Waals surface area contributed by atoms with Crippen molar-refractivity contribution in [1.29, 1.82) is 0 Å². The van der Waals surface area contributed by atoms with Crippen LogP contribution in [0.2, 0.25) is 0 Å². The summed E-state index contributed by atoms with van der Waals surface area (Å²) in [5.41, 5.74) is 2.09. The van der Waals surface area contributed by atoms with Crippen LogP contribution in [0.4, 0.5) is 24.1 Å². The summed E-state index contributed by atoms with van der Waals surface area (Å²) in [6, 6.07) is 1.80. The van der Waals surface area contributed by atoms with Gasteiger partial charge in [-0.1, -0.05) is 0 Å². The average Bonchev–Trinajstić information content (AvgIpc) is 3.69. The van der Waals surface area contributed by atoms with Crippen LogP contribution in [-0.4, -0.2) is 88.2 Å². The molecule has 5 heterocycles. The van der Waals surface area contributed by atoms with Crippen LogP contribution in [0.5, 0.6) is 0 Å². The maximum Gasteiger partial charge on any atom is 0.410 e. The number of rotatable bonds is 5. The molecule has 4 aliphatic rings. The van der Waals surface area contributed by atoms with E-state index in [4.69, 9.17) is 9.72 Å². The van der Waals surface area contributed by atoms with Gasteiger partial charge in [0.15, 0.2) is 0 Å². The van der Waals surface area contributed by atoms with Crippen molar-refractivity contribution in [1.82, 2.24) is 24.7 Å². The number of piperidine rings is 2. The molecule has 0 spiro atoms. The number of fused-ring (bicyclic) bond motifs is 1. The molecule has 228 valence electrons. The molecule has 2 aromatic rings. The van der Waals surface area contributed by atoms with Crippen molar-refractivity contribution in [2.24, 2.45) is 5.92 Å². The van der Waals surface area contributed by atoms with E-state index in [1.54, 1.807) is 31.9 Å². The van der Waals surface area contributed by atoms with Crippen LogP contribution in [0.1, 0.15) is 76.8 Å². The number of anilines is 1. The summed E-state index contributed by atoms with van der Waals surface area (Å²) in [5, 5.41) is 3.42. The summed E-state index contributed by atoms with van der Waals surface area (Å²) in [7, 11) is 0. The number of hydrogen-bond acceptors (Lipinski definition) is 6. The molecule has 1 saturated carbocycles. The fourth-order valence-electron chi connectivity index (χ4n) is 6.49. The number of carbonyl (C=O) groups is 3. The van der Waals surface area contributed by atoms with Gasteiger partial charge >= 0.3 is 12.1 Å². The van der Waals surface area contributed by atoms with E-state index >= 15 is 8.78 Å². The van der Waals surface area contributed by atoms with Crippen LogP contribution in [0.3, 0.4) is 0 Å². The molecule has 2 aromatic heterocycles. The fourth-order valence-corrected chi connectivity index (χ4v) is 6.49. The molecule has 3 aliphatic heterocycles.